The third kappa shape index (κ3) is 5.43. The molecule has 174 valence electrons. The molecular weight excluding hydrogens is 426 g/mol. The second-order valence-electron chi connectivity index (χ2n) is 7.63. The summed E-state index contributed by atoms with van der Waals surface area (Å²) in [6, 6.07) is 9.53. The molecule has 1 heterocycles. The Hall–Kier alpha value is -4.01. The zero-order valence-corrected chi connectivity index (χ0v) is 19.2. The van der Waals surface area contributed by atoms with E-state index in [-0.39, 0.29) is 18.1 Å². The van der Waals surface area contributed by atoms with Gasteiger partial charge < -0.3 is 30.2 Å². The fourth-order valence-corrected chi connectivity index (χ4v) is 3.59. The molecule has 0 fully saturated rings. The lowest BCUT2D eigenvalue weighted by Crippen LogP contribution is -2.45. The monoisotopic (exact) mass is 453 g/mol. The number of nitrogens with one attached hydrogen (secondary N) is 3. The maximum atomic E-state index is 12.4. The summed E-state index contributed by atoms with van der Waals surface area (Å²) in [4.78, 5) is 36.7. The first-order valence-corrected chi connectivity index (χ1v) is 10.3. The second-order valence-corrected chi connectivity index (χ2v) is 7.63. The zero-order chi connectivity index (χ0) is 24.1. The van der Waals surface area contributed by atoms with Gasteiger partial charge in [0.05, 0.1) is 25.8 Å². The molecule has 1 aliphatic rings. The van der Waals surface area contributed by atoms with E-state index in [0.29, 0.717) is 22.8 Å². The summed E-state index contributed by atoms with van der Waals surface area (Å²) in [5.41, 5.74) is 4.05. The molecule has 0 bridgehead atoms. The normalized spacial score (nSPS) is 15.3. The summed E-state index contributed by atoms with van der Waals surface area (Å²) in [5.74, 6) is -0.184. The van der Waals surface area contributed by atoms with Crippen LogP contribution in [0.15, 0.2) is 47.7 Å². The van der Waals surface area contributed by atoms with E-state index in [1.54, 1.807) is 25.1 Å². The van der Waals surface area contributed by atoms with Gasteiger partial charge in [-0.05, 0) is 50.1 Å². The predicted molar refractivity (Wildman–Crippen MR) is 122 cm³/mol. The van der Waals surface area contributed by atoms with Gasteiger partial charge in [-0.15, -0.1) is 0 Å². The highest BCUT2D eigenvalue weighted by Gasteiger charge is 2.32. The van der Waals surface area contributed by atoms with Crippen molar-refractivity contribution >= 4 is 23.6 Å². The molecule has 9 nitrogen and oxygen atoms in total. The molecule has 0 radical (unpaired) electrons. The lowest BCUT2D eigenvalue weighted by atomic mass is 9.95. The second kappa shape index (κ2) is 10.1. The van der Waals surface area contributed by atoms with Gasteiger partial charge in [-0.2, -0.15) is 0 Å². The molecule has 3 rings (SSSR count). The van der Waals surface area contributed by atoms with Crippen molar-refractivity contribution in [2.45, 2.75) is 26.8 Å². The van der Waals surface area contributed by atoms with Gasteiger partial charge in [-0.3, -0.25) is 4.79 Å². The number of urea groups is 1. The molecule has 3 amide bonds. The first kappa shape index (κ1) is 23.6. The third-order valence-electron chi connectivity index (χ3n) is 5.21. The van der Waals surface area contributed by atoms with E-state index in [1.165, 1.54) is 14.2 Å². The summed E-state index contributed by atoms with van der Waals surface area (Å²) >= 11 is 0. The van der Waals surface area contributed by atoms with E-state index in [1.807, 2.05) is 32.0 Å². The number of allylic oxidation sites excluding steroid dienone is 1. The maximum absolute atomic E-state index is 12.4. The number of esters is 1. The van der Waals surface area contributed by atoms with E-state index in [0.717, 1.165) is 16.8 Å². The van der Waals surface area contributed by atoms with Gasteiger partial charge in [0, 0.05) is 11.4 Å². The van der Waals surface area contributed by atoms with Crippen molar-refractivity contribution in [2.75, 3.05) is 26.1 Å². The highest BCUT2D eigenvalue weighted by Crippen LogP contribution is 2.34. The number of carbonyl (C=O) groups is 3. The minimum Gasteiger partial charge on any atom is -0.493 e. The van der Waals surface area contributed by atoms with Crippen LogP contribution in [0.5, 0.6) is 11.5 Å². The minimum absolute atomic E-state index is 0.223. The lowest BCUT2D eigenvalue weighted by Gasteiger charge is -2.28. The van der Waals surface area contributed by atoms with Gasteiger partial charge in [-0.25, -0.2) is 9.59 Å². The Balaban J connectivity index is 1.76. The lowest BCUT2D eigenvalue weighted by molar-refractivity contribution is -0.136. The first-order valence-electron chi connectivity index (χ1n) is 10.3. The van der Waals surface area contributed by atoms with Crippen LogP contribution in [0.3, 0.4) is 0 Å². The van der Waals surface area contributed by atoms with Gasteiger partial charge in [-0.1, -0.05) is 23.8 Å². The minimum atomic E-state index is -0.734. The summed E-state index contributed by atoms with van der Waals surface area (Å²) in [6.45, 7) is 5.31. The van der Waals surface area contributed by atoms with Crippen molar-refractivity contribution in [3.05, 3.63) is 64.4 Å². The predicted octanol–water partition coefficient (Wildman–Crippen LogP) is 3.13. The third-order valence-corrected chi connectivity index (χ3v) is 5.21. The van der Waals surface area contributed by atoms with E-state index in [4.69, 9.17) is 14.2 Å². The van der Waals surface area contributed by atoms with E-state index >= 15 is 0 Å². The highest BCUT2D eigenvalue weighted by atomic mass is 16.5. The average molecular weight is 453 g/mol. The number of hydrogen-bond donors (Lipinski definition) is 3. The van der Waals surface area contributed by atoms with Crippen LogP contribution in [-0.4, -0.2) is 38.7 Å². The van der Waals surface area contributed by atoms with Crippen LogP contribution in [0.25, 0.3) is 0 Å². The summed E-state index contributed by atoms with van der Waals surface area (Å²) in [6.07, 6.45) is 0. The number of carbonyl (C=O) groups excluding carboxylic acids is 3. The Morgan fingerprint density at radius 3 is 2.45 bits per heavy atom. The fourth-order valence-electron chi connectivity index (χ4n) is 3.59. The number of hydrogen-bond acceptors (Lipinski definition) is 6. The van der Waals surface area contributed by atoms with Gasteiger partial charge >= 0.3 is 12.0 Å². The van der Waals surface area contributed by atoms with Crippen LogP contribution >= 0.6 is 0 Å². The number of anilines is 1. The van der Waals surface area contributed by atoms with Gasteiger partial charge in [0.25, 0.3) is 5.91 Å². The molecular formula is C24H27N3O6. The quantitative estimate of drug-likeness (QED) is 0.555. The van der Waals surface area contributed by atoms with Crippen LogP contribution in [0.1, 0.15) is 29.7 Å². The van der Waals surface area contributed by atoms with E-state index in [2.05, 4.69) is 16.0 Å². The Morgan fingerprint density at radius 1 is 1.03 bits per heavy atom. The molecule has 2 aromatic carbocycles. The molecule has 2 aromatic rings. The number of rotatable bonds is 7. The van der Waals surface area contributed by atoms with Crippen molar-refractivity contribution in [3.63, 3.8) is 0 Å². The number of ether oxygens (including phenoxy) is 3. The first-order chi connectivity index (χ1) is 15.7. The molecule has 1 atom stereocenters. The van der Waals surface area contributed by atoms with Gasteiger partial charge in [0.2, 0.25) is 0 Å². The van der Waals surface area contributed by atoms with E-state index < -0.39 is 18.0 Å². The molecule has 0 aromatic heterocycles. The Kier molecular flexibility index (Phi) is 7.22. The van der Waals surface area contributed by atoms with Crippen LogP contribution in [0.2, 0.25) is 0 Å². The van der Waals surface area contributed by atoms with Gasteiger partial charge in [0.15, 0.2) is 18.1 Å². The molecule has 33 heavy (non-hydrogen) atoms. The standard InChI is InChI=1S/C24H27N3O6/c1-13-6-8-17(14(2)10-13)26-20(28)12-33-18-9-7-16(11-19(18)31-4)22-21(23(29)32-5)15(3)25-24(30)27-22/h6-11,22H,12H2,1-5H3,(H,26,28)(H2,25,27,30). The van der Waals surface area contributed by atoms with Crippen molar-refractivity contribution in [3.8, 4) is 11.5 Å². The molecule has 0 aliphatic carbocycles. The number of benzene rings is 2. The Labute approximate surface area is 192 Å². The van der Waals surface area contributed by atoms with Crippen LogP contribution in [-0.2, 0) is 14.3 Å². The topological polar surface area (TPSA) is 115 Å². The van der Waals surface area contributed by atoms with Gasteiger partial charge in [0.1, 0.15) is 0 Å². The summed E-state index contributed by atoms with van der Waals surface area (Å²) in [7, 11) is 2.74. The zero-order valence-electron chi connectivity index (χ0n) is 19.2. The summed E-state index contributed by atoms with van der Waals surface area (Å²) < 4.78 is 16.0. The Morgan fingerprint density at radius 2 is 1.79 bits per heavy atom. The van der Waals surface area contributed by atoms with Crippen LogP contribution in [0.4, 0.5) is 10.5 Å². The smallest absolute Gasteiger partial charge is 0.337 e. The fraction of sp³-hybridized carbons (Fsp3) is 0.292. The molecule has 1 aliphatic heterocycles. The van der Waals surface area contributed by atoms with Crippen molar-refractivity contribution in [1.29, 1.82) is 0 Å². The molecule has 0 saturated heterocycles. The largest absolute Gasteiger partial charge is 0.493 e. The van der Waals surface area contributed by atoms with Crippen molar-refractivity contribution in [1.82, 2.24) is 10.6 Å². The van der Waals surface area contributed by atoms with Crippen molar-refractivity contribution < 1.29 is 28.6 Å². The van der Waals surface area contributed by atoms with Crippen LogP contribution in [0, 0.1) is 13.8 Å². The molecule has 0 spiro atoms. The van der Waals surface area contributed by atoms with Crippen molar-refractivity contribution in [2.24, 2.45) is 0 Å². The number of amides is 3. The SMILES string of the molecule is COC(=O)C1=C(C)NC(=O)NC1c1ccc(OCC(=O)Nc2ccc(C)cc2C)c(OC)c1. The van der Waals surface area contributed by atoms with Crippen LogP contribution < -0.4 is 25.4 Å². The summed E-state index contributed by atoms with van der Waals surface area (Å²) in [5, 5.41) is 8.11. The highest BCUT2D eigenvalue weighted by molar-refractivity contribution is 5.95. The molecule has 1 unspecified atom stereocenters. The average Bonchev–Trinajstić information content (AvgIpc) is 2.78. The molecule has 9 heteroatoms. The maximum Gasteiger partial charge on any atom is 0.337 e. The number of aryl methyl sites for hydroxylation is 2. The number of methoxy groups -OCH3 is 2. The Bertz CT molecular complexity index is 1130. The van der Waals surface area contributed by atoms with E-state index in [9.17, 15) is 14.4 Å². The molecule has 0 saturated carbocycles. The molecule has 3 N–H and O–H groups in total.